The highest BCUT2D eigenvalue weighted by Gasteiger charge is 2.33. The molecule has 3 rings (SSSR count). The summed E-state index contributed by atoms with van der Waals surface area (Å²) in [5.74, 6) is -1.51. The number of amides is 3. The number of nitrogen functional groups attached to an aromatic ring is 1. The number of carbonyl (C=O) groups excluding carboxylic acids is 3. The second-order valence-corrected chi connectivity index (χ2v) is 11.3. The molecule has 2 aromatic rings. The van der Waals surface area contributed by atoms with Gasteiger partial charge in [0.1, 0.15) is 17.9 Å². The van der Waals surface area contributed by atoms with Crippen molar-refractivity contribution < 1.29 is 14.4 Å². The molecule has 0 radical (unpaired) electrons. The quantitative estimate of drug-likeness (QED) is 0.0879. The van der Waals surface area contributed by atoms with Crippen molar-refractivity contribution in [2.75, 3.05) is 6.54 Å². The van der Waals surface area contributed by atoms with E-state index < -0.39 is 23.9 Å². The van der Waals surface area contributed by atoms with Gasteiger partial charge >= 0.3 is 0 Å². The second-order valence-electron chi connectivity index (χ2n) is 11.3. The first-order valence-corrected chi connectivity index (χ1v) is 15.1. The van der Waals surface area contributed by atoms with E-state index in [2.05, 4.69) is 15.6 Å². The number of guanidine groups is 1. The molecule has 0 aromatic heterocycles. The van der Waals surface area contributed by atoms with Crippen LogP contribution in [0.1, 0.15) is 68.1 Å². The summed E-state index contributed by atoms with van der Waals surface area (Å²) in [5, 5.41) is 13.5. The highest BCUT2D eigenvalue weighted by Crippen LogP contribution is 2.32. The number of hydrogen-bond donors (Lipinski definition) is 7. The Morgan fingerprint density at radius 1 is 0.814 bits per heavy atom. The molecule has 0 heterocycles. The van der Waals surface area contributed by atoms with E-state index >= 15 is 0 Å². The zero-order valence-corrected chi connectivity index (χ0v) is 24.8. The maximum Gasteiger partial charge on any atom is 0.243 e. The van der Waals surface area contributed by atoms with Gasteiger partial charge in [-0.15, -0.1) is 0 Å². The third kappa shape index (κ3) is 11.1. The Morgan fingerprint density at radius 2 is 1.47 bits per heavy atom. The van der Waals surface area contributed by atoms with Gasteiger partial charge in [0.15, 0.2) is 5.96 Å². The van der Waals surface area contributed by atoms with Crippen molar-refractivity contribution >= 4 is 29.5 Å². The molecule has 43 heavy (non-hydrogen) atoms. The lowest BCUT2D eigenvalue weighted by molar-refractivity contribution is -0.134. The maximum atomic E-state index is 14.0. The van der Waals surface area contributed by atoms with Gasteiger partial charge in [-0.1, -0.05) is 73.9 Å². The molecule has 1 unspecified atom stereocenters. The Hall–Kier alpha value is -4.41. The Labute approximate surface area is 253 Å². The molecular weight excluding hydrogens is 544 g/mol. The minimum absolute atomic E-state index is 0.00843. The van der Waals surface area contributed by atoms with Gasteiger partial charge in [-0.05, 0) is 62.0 Å². The van der Waals surface area contributed by atoms with Gasteiger partial charge in [-0.3, -0.25) is 24.8 Å². The fourth-order valence-corrected chi connectivity index (χ4v) is 5.65. The van der Waals surface area contributed by atoms with Crippen LogP contribution in [0.5, 0.6) is 0 Å². The first kappa shape index (κ1) is 33.1. The molecule has 11 nitrogen and oxygen atoms in total. The monoisotopic (exact) mass is 590 g/mol. The van der Waals surface area contributed by atoms with Crippen LogP contribution in [0.4, 0.5) is 0 Å². The summed E-state index contributed by atoms with van der Waals surface area (Å²) < 4.78 is 0. The summed E-state index contributed by atoms with van der Waals surface area (Å²) in [6.45, 7) is 0.298. The van der Waals surface area contributed by atoms with Gasteiger partial charge in [-0.2, -0.15) is 0 Å². The van der Waals surface area contributed by atoms with Crippen molar-refractivity contribution in [3.8, 4) is 0 Å². The molecule has 3 atom stereocenters. The Morgan fingerprint density at radius 3 is 2.07 bits per heavy atom. The molecule has 1 aliphatic rings. The van der Waals surface area contributed by atoms with Crippen LogP contribution in [0.25, 0.3) is 0 Å². The number of aliphatic imine (C=N–C) groups is 1. The largest absolute Gasteiger partial charge is 0.384 e. The predicted octanol–water partition coefficient (Wildman–Crippen LogP) is 1.85. The molecule has 2 aromatic carbocycles. The molecule has 1 aliphatic carbocycles. The summed E-state index contributed by atoms with van der Waals surface area (Å²) in [7, 11) is 0. The molecule has 232 valence electrons. The topological polar surface area (TPSA) is 216 Å². The van der Waals surface area contributed by atoms with Crippen molar-refractivity contribution in [3.05, 3.63) is 71.3 Å². The Balaban J connectivity index is 1.79. The number of nitrogens with one attached hydrogen (secondary N) is 3. The van der Waals surface area contributed by atoms with Gasteiger partial charge < -0.3 is 33.6 Å². The van der Waals surface area contributed by atoms with Crippen molar-refractivity contribution in [2.45, 2.75) is 76.3 Å². The number of nitrogens with two attached hydrogens (primary N) is 4. The van der Waals surface area contributed by atoms with Crippen LogP contribution in [0, 0.1) is 17.2 Å². The number of nitrogens with zero attached hydrogens (tertiary/aromatic N) is 1. The summed E-state index contributed by atoms with van der Waals surface area (Å²) in [4.78, 5) is 43.7. The summed E-state index contributed by atoms with van der Waals surface area (Å²) >= 11 is 0. The highest BCUT2D eigenvalue weighted by atomic mass is 16.2. The molecule has 1 fully saturated rings. The molecule has 3 amide bonds. The van der Waals surface area contributed by atoms with E-state index in [0.717, 1.165) is 43.2 Å². The van der Waals surface area contributed by atoms with E-state index in [1.165, 1.54) is 0 Å². The van der Waals surface area contributed by atoms with E-state index in [0.29, 0.717) is 37.8 Å². The number of primary amides is 1. The lowest BCUT2D eigenvalue weighted by Gasteiger charge is -2.31. The van der Waals surface area contributed by atoms with E-state index in [-0.39, 0.29) is 36.0 Å². The third-order valence-electron chi connectivity index (χ3n) is 8.08. The smallest absolute Gasteiger partial charge is 0.243 e. The molecule has 0 bridgehead atoms. The zero-order chi connectivity index (χ0) is 31.2. The highest BCUT2D eigenvalue weighted by molar-refractivity contribution is 5.95. The van der Waals surface area contributed by atoms with Gasteiger partial charge in [-0.25, -0.2) is 0 Å². The van der Waals surface area contributed by atoms with Gasteiger partial charge in [0, 0.05) is 18.0 Å². The average Bonchev–Trinajstić information content (AvgIpc) is 3.00. The molecule has 1 saturated carbocycles. The first-order chi connectivity index (χ1) is 20.6. The fourth-order valence-electron chi connectivity index (χ4n) is 5.65. The van der Waals surface area contributed by atoms with Crippen LogP contribution in [0.15, 0.2) is 59.6 Å². The van der Waals surface area contributed by atoms with Crippen molar-refractivity contribution in [2.24, 2.45) is 39.8 Å². The molecular formula is C32H46N8O3. The molecule has 11 N–H and O–H groups in total. The van der Waals surface area contributed by atoms with Crippen LogP contribution >= 0.6 is 0 Å². The molecule has 0 saturated heterocycles. The minimum Gasteiger partial charge on any atom is -0.384 e. The Kier molecular flexibility index (Phi) is 13.0. The SMILES string of the molecule is N=C(N)c1ccc(CC(C(=O)N[C@@H](CCc2ccccc2)C(=O)N[C@@H](CCCN=C(N)N)C(N)=O)C2CCCCC2)cc1. The predicted molar refractivity (Wildman–Crippen MR) is 169 cm³/mol. The molecule has 11 heteroatoms. The third-order valence-corrected chi connectivity index (χ3v) is 8.08. The number of amidine groups is 1. The Bertz CT molecular complexity index is 1240. The van der Waals surface area contributed by atoms with E-state index in [9.17, 15) is 14.4 Å². The van der Waals surface area contributed by atoms with E-state index in [1.54, 1.807) is 12.1 Å². The fraction of sp³-hybridized carbons (Fsp3) is 0.469. The van der Waals surface area contributed by atoms with E-state index in [4.69, 9.17) is 28.3 Å². The van der Waals surface area contributed by atoms with Gasteiger partial charge in [0.2, 0.25) is 17.7 Å². The number of hydrogen-bond acceptors (Lipinski definition) is 5. The lowest BCUT2D eigenvalue weighted by atomic mass is 9.76. The van der Waals surface area contributed by atoms with Crippen LogP contribution < -0.4 is 33.6 Å². The number of aryl methyl sites for hydroxylation is 1. The first-order valence-electron chi connectivity index (χ1n) is 15.1. The second kappa shape index (κ2) is 16.9. The summed E-state index contributed by atoms with van der Waals surface area (Å²) in [5.41, 5.74) is 24.6. The van der Waals surface area contributed by atoms with E-state index in [1.807, 2.05) is 42.5 Å². The van der Waals surface area contributed by atoms with Crippen LogP contribution in [0.2, 0.25) is 0 Å². The van der Waals surface area contributed by atoms with Crippen molar-refractivity contribution in [1.82, 2.24) is 10.6 Å². The molecule has 0 spiro atoms. The van der Waals surface area contributed by atoms with Crippen LogP contribution in [-0.4, -0.2) is 48.1 Å². The summed E-state index contributed by atoms with van der Waals surface area (Å²) in [6, 6.07) is 15.3. The summed E-state index contributed by atoms with van der Waals surface area (Å²) in [6.07, 6.45) is 7.31. The molecule has 0 aliphatic heterocycles. The normalized spacial score (nSPS) is 15.4. The minimum atomic E-state index is -0.924. The number of benzene rings is 2. The maximum absolute atomic E-state index is 14.0. The average molecular weight is 591 g/mol. The number of rotatable bonds is 16. The number of carbonyl (C=O) groups is 3. The van der Waals surface area contributed by atoms with Crippen LogP contribution in [0.3, 0.4) is 0 Å². The van der Waals surface area contributed by atoms with Crippen LogP contribution in [-0.2, 0) is 27.2 Å². The van der Waals surface area contributed by atoms with Crippen molar-refractivity contribution in [3.63, 3.8) is 0 Å². The zero-order valence-electron chi connectivity index (χ0n) is 24.8. The van der Waals surface area contributed by atoms with Gasteiger partial charge in [0.25, 0.3) is 0 Å². The van der Waals surface area contributed by atoms with Crippen molar-refractivity contribution in [1.29, 1.82) is 5.41 Å². The standard InChI is InChI=1S/C32H46N8O3/c33-28(34)24-16-13-22(14-17-24)20-25(23-10-5-2-6-11-23)30(42)40-27(18-15-21-8-3-1-4-9-21)31(43)39-26(29(35)41)12-7-19-38-32(36)37/h1,3-4,8-9,13-14,16-17,23,25-27H,2,5-7,10-12,15,18-20H2,(H3,33,34)(H2,35,41)(H,39,43)(H,40,42)(H4,36,37,38)/t25?,26-,27-/m0/s1. The lowest BCUT2D eigenvalue weighted by Crippen LogP contribution is -2.54. The van der Waals surface area contributed by atoms with Gasteiger partial charge in [0.05, 0.1) is 0 Å².